The van der Waals surface area contributed by atoms with E-state index in [-0.39, 0.29) is 12.8 Å². The number of carbonyl (C=O) groups excluding carboxylic acids is 1. The first-order valence-electron chi connectivity index (χ1n) is 6.45. The number of amides is 1. The molecule has 1 aromatic rings. The van der Waals surface area contributed by atoms with Crippen LogP contribution in [0.25, 0.3) is 0 Å². The molecule has 0 radical (unpaired) electrons. The van der Waals surface area contributed by atoms with Gasteiger partial charge in [0.1, 0.15) is 6.10 Å². The lowest BCUT2D eigenvalue weighted by Crippen LogP contribution is -2.40. The average molecular weight is 293 g/mol. The summed E-state index contributed by atoms with van der Waals surface area (Å²) in [6.45, 7) is 0. The van der Waals surface area contributed by atoms with Crippen molar-refractivity contribution < 1.29 is 29.3 Å². The van der Waals surface area contributed by atoms with Crippen LogP contribution in [0.4, 0.5) is 0 Å². The van der Waals surface area contributed by atoms with Gasteiger partial charge in [0.05, 0.1) is 0 Å². The van der Waals surface area contributed by atoms with Gasteiger partial charge in [0.25, 0.3) is 0 Å². The highest BCUT2D eigenvalue weighted by molar-refractivity contribution is 5.87. The molecule has 7 nitrogen and oxygen atoms in total. The van der Waals surface area contributed by atoms with E-state index < -0.39 is 36.1 Å². The minimum Gasteiger partial charge on any atom is -0.479 e. The Morgan fingerprint density at radius 2 is 1.71 bits per heavy atom. The Labute approximate surface area is 120 Å². The lowest BCUT2D eigenvalue weighted by atomic mass is 10.1. The number of carbonyl (C=O) groups is 3. The minimum atomic E-state index is -1.19. The molecule has 7 heteroatoms. The topological polar surface area (TPSA) is 113 Å². The summed E-state index contributed by atoms with van der Waals surface area (Å²) in [5.41, 5.74) is 0.436. The maximum absolute atomic E-state index is 12.0. The summed E-state index contributed by atoms with van der Waals surface area (Å²) in [5.74, 6) is -2.93. The van der Waals surface area contributed by atoms with Gasteiger partial charge >= 0.3 is 11.9 Å². The minimum absolute atomic E-state index is 0.233. The Morgan fingerprint density at radius 1 is 1.10 bits per heavy atom. The molecule has 0 bridgehead atoms. The standard InChI is InChI=1S/C14H15NO6/c16-12(9-6-7-10(21-9)13(17)18)15-11(14(19)20)8-4-2-1-3-5-8/h1-5,9-11H,6-7H2,(H,15,16)(H,17,18)(H,19,20). The molecule has 1 saturated heterocycles. The van der Waals surface area contributed by atoms with Crippen LogP contribution in [-0.2, 0) is 19.1 Å². The summed E-state index contributed by atoms with van der Waals surface area (Å²) in [5, 5.41) is 20.4. The van der Waals surface area contributed by atoms with E-state index in [9.17, 15) is 19.5 Å². The zero-order valence-electron chi connectivity index (χ0n) is 11.1. The van der Waals surface area contributed by atoms with Gasteiger partial charge in [-0.05, 0) is 18.4 Å². The van der Waals surface area contributed by atoms with E-state index in [1.54, 1.807) is 30.3 Å². The molecule has 0 spiro atoms. The van der Waals surface area contributed by atoms with Crippen LogP contribution >= 0.6 is 0 Å². The van der Waals surface area contributed by atoms with E-state index >= 15 is 0 Å². The number of hydrogen-bond acceptors (Lipinski definition) is 4. The molecule has 0 aliphatic carbocycles. The summed E-state index contributed by atoms with van der Waals surface area (Å²) in [6.07, 6.45) is -1.46. The summed E-state index contributed by atoms with van der Waals surface area (Å²) in [7, 11) is 0. The van der Waals surface area contributed by atoms with Crippen LogP contribution in [-0.4, -0.2) is 40.3 Å². The molecule has 2 rings (SSSR count). The highest BCUT2D eigenvalue weighted by Gasteiger charge is 2.36. The molecule has 1 aliphatic rings. The van der Waals surface area contributed by atoms with Gasteiger partial charge in [-0.3, -0.25) is 4.79 Å². The van der Waals surface area contributed by atoms with Crippen molar-refractivity contribution in [2.45, 2.75) is 31.1 Å². The lowest BCUT2D eigenvalue weighted by molar-refractivity contribution is -0.153. The number of nitrogens with one attached hydrogen (secondary N) is 1. The molecule has 1 aromatic carbocycles. The number of carboxylic acids is 2. The van der Waals surface area contributed by atoms with Crippen LogP contribution < -0.4 is 5.32 Å². The zero-order valence-corrected chi connectivity index (χ0v) is 11.1. The molecule has 1 amide bonds. The van der Waals surface area contributed by atoms with Gasteiger partial charge in [-0.15, -0.1) is 0 Å². The number of rotatable bonds is 5. The normalized spacial score (nSPS) is 22.5. The second-order valence-electron chi connectivity index (χ2n) is 4.72. The molecular weight excluding hydrogens is 278 g/mol. The van der Waals surface area contributed by atoms with Crippen LogP contribution in [0.1, 0.15) is 24.4 Å². The monoisotopic (exact) mass is 293 g/mol. The predicted octanol–water partition coefficient (Wildman–Crippen LogP) is 0.561. The van der Waals surface area contributed by atoms with Crippen LogP contribution in [0, 0.1) is 0 Å². The Kier molecular flexibility index (Phi) is 4.54. The summed E-state index contributed by atoms with van der Waals surface area (Å²) >= 11 is 0. The molecule has 1 aliphatic heterocycles. The SMILES string of the molecule is O=C(O)C1CCC(C(=O)NC(C(=O)O)c2ccccc2)O1. The van der Waals surface area contributed by atoms with Crippen molar-refractivity contribution in [1.82, 2.24) is 5.32 Å². The average Bonchev–Trinajstić information content (AvgIpc) is 2.95. The number of hydrogen-bond donors (Lipinski definition) is 3. The van der Waals surface area contributed by atoms with Crippen molar-refractivity contribution in [2.24, 2.45) is 0 Å². The van der Waals surface area contributed by atoms with Crippen LogP contribution in [0.3, 0.4) is 0 Å². The summed E-state index contributed by atoms with van der Waals surface area (Å²) in [4.78, 5) is 34.1. The Bertz CT molecular complexity index is 544. The Morgan fingerprint density at radius 3 is 2.24 bits per heavy atom. The molecule has 0 aromatic heterocycles. The highest BCUT2D eigenvalue weighted by atomic mass is 16.5. The first-order valence-corrected chi connectivity index (χ1v) is 6.45. The fraction of sp³-hybridized carbons (Fsp3) is 0.357. The van der Waals surface area contributed by atoms with Gasteiger partial charge in [-0.2, -0.15) is 0 Å². The number of benzene rings is 1. The number of carboxylic acid groups (broad SMARTS) is 2. The molecule has 1 heterocycles. The zero-order chi connectivity index (χ0) is 15.4. The predicted molar refractivity (Wildman–Crippen MR) is 70.5 cm³/mol. The fourth-order valence-corrected chi connectivity index (χ4v) is 2.18. The van der Waals surface area contributed by atoms with Gasteiger partial charge in [0.2, 0.25) is 5.91 Å². The van der Waals surface area contributed by atoms with Gasteiger partial charge in [0, 0.05) is 0 Å². The van der Waals surface area contributed by atoms with E-state index in [1.807, 2.05) is 0 Å². The van der Waals surface area contributed by atoms with Gasteiger partial charge in [0.15, 0.2) is 12.1 Å². The van der Waals surface area contributed by atoms with Crippen LogP contribution in [0.5, 0.6) is 0 Å². The third kappa shape index (κ3) is 3.57. The fourth-order valence-electron chi connectivity index (χ4n) is 2.18. The highest BCUT2D eigenvalue weighted by Crippen LogP contribution is 2.21. The summed E-state index contributed by atoms with van der Waals surface area (Å²) in [6, 6.07) is 7.07. The largest absolute Gasteiger partial charge is 0.479 e. The Balaban J connectivity index is 2.03. The molecule has 3 atom stereocenters. The maximum Gasteiger partial charge on any atom is 0.332 e. The van der Waals surface area contributed by atoms with Crippen LogP contribution in [0.15, 0.2) is 30.3 Å². The lowest BCUT2D eigenvalue weighted by Gasteiger charge is -2.17. The Hall–Kier alpha value is -2.41. The quantitative estimate of drug-likeness (QED) is 0.731. The third-order valence-corrected chi connectivity index (χ3v) is 3.25. The molecule has 0 saturated carbocycles. The molecule has 1 fully saturated rings. The van der Waals surface area contributed by atoms with E-state index in [0.717, 1.165) is 0 Å². The van der Waals surface area contributed by atoms with Crippen LogP contribution in [0.2, 0.25) is 0 Å². The molecular formula is C14H15NO6. The first-order chi connectivity index (χ1) is 9.99. The smallest absolute Gasteiger partial charge is 0.332 e. The van der Waals surface area contributed by atoms with Gasteiger partial charge in [-0.25, -0.2) is 9.59 Å². The van der Waals surface area contributed by atoms with E-state index in [2.05, 4.69) is 5.32 Å². The van der Waals surface area contributed by atoms with Gasteiger partial charge in [-0.1, -0.05) is 30.3 Å². The van der Waals surface area contributed by atoms with Crippen molar-refractivity contribution in [3.8, 4) is 0 Å². The number of aliphatic carboxylic acids is 2. The van der Waals surface area contributed by atoms with Crippen molar-refractivity contribution in [1.29, 1.82) is 0 Å². The molecule has 112 valence electrons. The van der Waals surface area contributed by atoms with Crippen molar-refractivity contribution in [3.05, 3.63) is 35.9 Å². The van der Waals surface area contributed by atoms with Gasteiger partial charge < -0.3 is 20.3 Å². The van der Waals surface area contributed by atoms with E-state index in [0.29, 0.717) is 5.56 Å². The van der Waals surface area contributed by atoms with Crippen molar-refractivity contribution in [2.75, 3.05) is 0 Å². The molecule has 21 heavy (non-hydrogen) atoms. The van der Waals surface area contributed by atoms with Crippen molar-refractivity contribution >= 4 is 17.8 Å². The molecule has 3 N–H and O–H groups in total. The second-order valence-corrected chi connectivity index (χ2v) is 4.72. The van der Waals surface area contributed by atoms with E-state index in [1.165, 1.54) is 0 Å². The van der Waals surface area contributed by atoms with Crippen molar-refractivity contribution in [3.63, 3.8) is 0 Å². The maximum atomic E-state index is 12.0. The molecule has 3 unspecified atom stereocenters. The van der Waals surface area contributed by atoms with E-state index in [4.69, 9.17) is 9.84 Å². The second kappa shape index (κ2) is 6.36. The summed E-state index contributed by atoms with van der Waals surface area (Å²) < 4.78 is 5.10. The number of ether oxygens (including phenoxy) is 1. The third-order valence-electron chi connectivity index (χ3n) is 3.25. The first kappa shape index (κ1) is 15.0.